The van der Waals surface area contributed by atoms with Gasteiger partial charge in [0.05, 0.1) is 5.69 Å². The largest absolute Gasteiger partial charge is 0.311 e. The van der Waals surface area contributed by atoms with Crippen LogP contribution < -0.4 is 25.5 Å². The molecule has 0 amide bonds. The maximum atomic E-state index is 2.60. The molecular formula is C69H61BN2S. The highest BCUT2D eigenvalue weighted by Gasteiger charge is 2.45. The van der Waals surface area contributed by atoms with E-state index in [1.165, 1.54) is 137 Å². The van der Waals surface area contributed by atoms with Crippen LogP contribution in [-0.4, -0.2) is 6.71 Å². The van der Waals surface area contributed by atoms with E-state index in [4.69, 9.17) is 0 Å². The smallest absolute Gasteiger partial charge is 0.264 e. The number of anilines is 6. The van der Waals surface area contributed by atoms with E-state index in [1.807, 2.05) is 11.3 Å². The van der Waals surface area contributed by atoms with E-state index in [2.05, 4.69) is 267 Å². The summed E-state index contributed by atoms with van der Waals surface area (Å²) in [5.41, 5.74) is 20.3. The summed E-state index contributed by atoms with van der Waals surface area (Å²) in [6, 6.07) is 72.3. The second-order valence-electron chi connectivity index (χ2n) is 23.8. The molecule has 13 rings (SSSR count). The fourth-order valence-electron chi connectivity index (χ4n) is 12.0. The van der Waals surface area contributed by atoms with Crippen LogP contribution in [-0.2, 0) is 16.2 Å². The Morgan fingerprint density at radius 1 is 0.370 bits per heavy atom. The molecule has 0 N–H and O–H groups in total. The highest BCUT2D eigenvalue weighted by atomic mass is 32.1. The zero-order valence-corrected chi connectivity index (χ0v) is 44.6. The molecule has 0 radical (unpaired) electrons. The van der Waals surface area contributed by atoms with Gasteiger partial charge in [-0.15, -0.1) is 11.3 Å². The minimum absolute atomic E-state index is 0.00126. The number of hydrogen-bond donors (Lipinski definition) is 0. The Kier molecular flexibility index (Phi) is 10.2. The van der Waals surface area contributed by atoms with Gasteiger partial charge in [-0.3, -0.25) is 0 Å². The summed E-state index contributed by atoms with van der Waals surface area (Å²) in [7, 11) is 0. The fraction of sp³-hybridized carbons (Fsp3) is 0.188. The van der Waals surface area contributed by atoms with Crippen molar-refractivity contribution in [2.75, 3.05) is 9.80 Å². The summed E-state index contributed by atoms with van der Waals surface area (Å²) < 4.78 is 2.71. The second-order valence-corrected chi connectivity index (χ2v) is 24.9. The van der Waals surface area contributed by atoms with Crippen molar-refractivity contribution in [2.24, 2.45) is 0 Å². The lowest BCUT2D eigenvalue weighted by Gasteiger charge is -2.43. The van der Waals surface area contributed by atoms with Gasteiger partial charge in [0.2, 0.25) is 0 Å². The maximum Gasteiger partial charge on any atom is 0.264 e. The van der Waals surface area contributed by atoms with Crippen LogP contribution in [0.25, 0.3) is 64.7 Å². The highest BCUT2D eigenvalue weighted by Crippen LogP contribution is 2.50. The standard InChI is InChI=1S/C69H61BN2S/c1-42-22-23-46(44-26-35-55-53-18-12-11-16-51(53)52-17-13-14-19-54(52)56(55)38-44)40-62(42)72-59-36-27-45(43-24-28-47(29-25-43)67(2,3)4)39-58(59)70-64-60(20-15-21-61(64)72)71(50-33-30-48(31-34-50)68(5,6)7)65-57-41-49(69(8,9)10)32-37-63(57)73-66(65)70/h11-41H,1-10H3. The molecule has 0 aliphatic carbocycles. The number of hydrogen-bond acceptors (Lipinski definition) is 3. The Morgan fingerprint density at radius 3 is 1.51 bits per heavy atom. The van der Waals surface area contributed by atoms with E-state index < -0.39 is 0 Å². The first-order valence-electron chi connectivity index (χ1n) is 26.1. The van der Waals surface area contributed by atoms with Crippen LogP contribution >= 0.6 is 11.3 Å². The number of thiophene rings is 1. The van der Waals surface area contributed by atoms with Gasteiger partial charge in [-0.05, 0) is 166 Å². The molecule has 0 atom stereocenters. The molecule has 0 bridgehead atoms. The molecule has 356 valence electrons. The molecule has 0 saturated carbocycles. The van der Waals surface area contributed by atoms with E-state index in [-0.39, 0.29) is 23.0 Å². The monoisotopic (exact) mass is 960 g/mol. The van der Waals surface area contributed by atoms with E-state index >= 15 is 0 Å². The van der Waals surface area contributed by atoms with Crippen molar-refractivity contribution >= 4 is 110 Å². The summed E-state index contributed by atoms with van der Waals surface area (Å²) in [4.78, 5) is 5.20. The summed E-state index contributed by atoms with van der Waals surface area (Å²) >= 11 is 1.98. The summed E-state index contributed by atoms with van der Waals surface area (Å²) in [6.45, 7) is 23.1. The quantitative estimate of drug-likeness (QED) is 0.128. The molecule has 2 aliphatic heterocycles. The average molecular weight is 961 g/mol. The third-order valence-corrected chi connectivity index (χ3v) is 17.3. The van der Waals surface area contributed by atoms with E-state index in [1.54, 1.807) is 0 Å². The van der Waals surface area contributed by atoms with Crippen LogP contribution in [0.15, 0.2) is 188 Å². The number of nitrogens with zero attached hydrogens (tertiary/aromatic N) is 2. The fourth-order valence-corrected chi connectivity index (χ4v) is 13.3. The zero-order chi connectivity index (χ0) is 50.3. The lowest BCUT2D eigenvalue weighted by atomic mass is 9.36. The van der Waals surface area contributed by atoms with Crippen LogP contribution in [0, 0.1) is 6.92 Å². The van der Waals surface area contributed by atoms with Crippen LogP contribution in [0.2, 0.25) is 0 Å². The van der Waals surface area contributed by atoms with Gasteiger partial charge in [0.25, 0.3) is 6.71 Å². The van der Waals surface area contributed by atoms with Crippen LogP contribution in [0.1, 0.15) is 84.6 Å². The van der Waals surface area contributed by atoms with Gasteiger partial charge in [-0.2, -0.15) is 0 Å². The van der Waals surface area contributed by atoms with E-state index in [0.29, 0.717) is 0 Å². The Morgan fingerprint density at radius 2 is 0.877 bits per heavy atom. The Balaban J connectivity index is 1.06. The summed E-state index contributed by atoms with van der Waals surface area (Å²) in [5.74, 6) is 0. The molecule has 2 nitrogen and oxygen atoms in total. The number of aryl methyl sites for hydroxylation is 1. The third kappa shape index (κ3) is 7.27. The lowest BCUT2D eigenvalue weighted by Crippen LogP contribution is -2.60. The van der Waals surface area contributed by atoms with Crippen LogP contribution in [0.3, 0.4) is 0 Å². The predicted molar refractivity (Wildman–Crippen MR) is 320 cm³/mol. The van der Waals surface area contributed by atoms with Crippen molar-refractivity contribution in [3.8, 4) is 22.3 Å². The van der Waals surface area contributed by atoms with Gasteiger partial charge < -0.3 is 9.80 Å². The molecule has 3 heterocycles. The third-order valence-electron chi connectivity index (χ3n) is 16.1. The van der Waals surface area contributed by atoms with Crippen LogP contribution in [0.5, 0.6) is 0 Å². The molecule has 0 saturated heterocycles. The van der Waals surface area contributed by atoms with Crippen molar-refractivity contribution in [3.63, 3.8) is 0 Å². The minimum atomic E-state index is -0.00126. The number of rotatable bonds is 4. The van der Waals surface area contributed by atoms with Gasteiger partial charge in [0.15, 0.2) is 0 Å². The first-order valence-corrected chi connectivity index (χ1v) is 26.9. The van der Waals surface area contributed by atoms with Crippen molar-refractivity contribution in [1.82, 2.24) is 0 Å². The second kappa shape index (κ2) is 16.3. The molecule has 11 aromatic rings. The summed E-state index contributed by atoms with van der Waals surface area (Å²) in [6.07, 6.45) is 0. The topological polar surface area (TPSA) is 6.48 Å². The van der Waals surface area contributed by atoms with Gasteiger partial charge in [-0.25, -0.2) is 0 Å². The normalized spacial score (nSPS) is 13.5. The van der Waals surface area contributed by atoms with Gasteiger partial charge in [0.1, 0.15) is 0 Å². The lowest BCUT2D eigenvalue weighted by molar-refractivity contribution is 0.590. The Bertz CT molecular complexity index is 4010. The van der Waals surface area contributed by atoms with Gasteiger partial charge in [0, 0.05) is 43.3 Å². The number of fused-ring (bicyclic) bond motifs is 12. The van der Waals surface area contributed by atoms with E-state index in [9.17, 15) is 0 Å². The molecule has 4 heteroatoms. The molecule has 0 spiro atoms. The van der Waals surface area contributed by atoms with Crippen LogP contribution in [0.4, 0.5) is 34.1 Å². The molecular weight excluding hydrogens is 900 g/mol. The predicted octanol–water partition coefficient (Wildman–Crippen LogP) is 18.0. The van der Waals surface area contributed by atoms with Gasteiger partial charge >= 0.3 is 0 Å². The first-order chi connectivity index (χ1) is 35.0. The molecule has 0 fully saturated rings. The molecule has 10 aromatic carbocycles. The first kappa shape index (κ1) is 45.5. The SMILES string of the molecule is Cc1ccc(-c2ccc3c4ccccc4c4ccccc4c3c2)cc1N1c2ccc(-c3ccc(C(C)(C)C)cc3)cc2B2c3sc4ccc(C(C)(C)C)cc4c3N(c3ccc(C(C)(C)C)cc3)c3cccc1c32. The minimum Gasteiger partial charge on any atom is -0.311 e. The molecule has 2 aliphatic rings. The Labute approximate surface area is 435 Å². The van der Waals surface area contributed by atoms with Crippen molar-refractivity contribution < 1.29 is 0 Å². The highest BCUT2D eigenvalue weighted by molar-refractivity contribution is 7.33. The molecule has 1 aromatic heterocycles. The Hall–Kier alpha value is -7.40. The van der Waals surface area contributed by atoms with Crippen molar-refractivity contribution in [3.05, 3.63) is 210 Å². The zero-order valence-electron chi connectivity index (χ0n) is 43.8. The number of benzene rings is 10. The average Bonchev–Trinajstić information content (AvgIpc) is 3.76. The van der Waals surface area contributed by atoms with E-state index in [0.717, 1.165) is 0 Å². The van der Waals surface area contributed by atoms with Crippen molar-refractivity contribution in [2.45, 2.75) is 85.5 Å². The maximum absolute atomic E-state index is 2.60. The van der Waals surface area contributed by atoms with Crippen molar-refractivity contribution in [1.29, 1.82) is 0 Å². The molecule has 73 heavy (non-hydrogen) atoms. The summed E-state index contributed by atoms with van der Waals surface area (Å²) in [5, 5.41) is 9.06. The van der Waals surface area contributed by atoms with Gasteiger partial charge in [-0.1, -0.05) is 196 Å². The molecule has 0 unspecified atom stereocenters.